The van der Waals surface area contributed by atoms with Crippen LogP contribution in [0.1, 0.15) is 30.0 Å². The van der Waals surface area contributed by atoms with Gasteiger partial charge in [-0.3, -0.25) is 0 Å². The van der Waals surface area contributed by atoms with E-state index in [9.17, 15) is 0 Å². The zero-order valence-electron chi connectivity index (χ0n) is 32.2. The maximum absolute atomic E-state index is 2.42. The van der Waals surface area contributed by atoms with Crippen molar-refractivity contribution in [3.8, 4) is 16.8 Å². The van der Waals surface area contributed by atoms with E-state index in [0.29, 0.717) is 0 Å². The highest BCUT2D eigenvalue weighted by molar-refractivity contribution is 6.10. The van der Waals surface area contributed by atoms with Crippen LogP contribution in [0, 0.1) is 6.92 Å². The molecule has 0 radical (unpaired) electrons. The van der Waals surface area contributed by atoms with Crippen LogP contribution in [-0.2, 0) is 0 Å². The third-order valence-corrected chi connectivity index (χ3v) is 11.4. The zero-order valence-corrected chi connectivity index (χ0v) is 32.2. The zero-order chi connectivity index (χ0) is 38.3. The van der Waals surface area contributed by atoms with Gasteiger partial charge in [0.05, 0.1) is 11.0 Å². The van der Waals surface area contributed by atoms with Gasteiger partial charge >= 0.3 is 0 Å². The SMILES string of the molecule is CC/C=C(/c1ccccc1)c1c(C)cccc1-c1cccc(N(c2cccc(-n3c4ccccc4c4ccccc43)c2)c2ccc3c(ccc4ccccc43)c2)c1. The van der Waals surface area contributed by atoms with Crippen molar-refractivity contribution in [3.63, 3.8) is 0 Å². The molecule has 0 spiro atoms. The normalized spacial score (nSPS) is 11.9. The molecule has 1 heterocycles. The Hall–Kier alpha value is -7.16. The molecular weight excluding hydrogens is 689 g/mol. The van der Waals surface area contributed by atoms with Crippen LogP contribution in [0.4, 0.5) is 17.1 Å². The Labute approximate surface area is 334 Å². The summed E-state index contributed by atoms with van der Waals surface area (Å²) in [6, 6.07) is 73.1. The number of rotatable bonds is 8. The molecule has 10 rings (SSSR count). The van der Waals surface area contributed by atoms with Crippen LogP contribution in [0.5, 0.6) is 0 Å². The van der Waals surface area contributed by atoms with E-state index in [4.69, 9.17) is 0 Å². The quantitative estimate of drug-likeness (QED) is 0.141. The van der Waals surface area contributed by atoms with Gasteiger partial charge in [0.15, 0.2) is 0 Å². The van der Waals surface area contributed by atoms with Crippen molar-refractivity contribution in [1.29, 1.82) is 0 Å². The Morgan fingerprint density at radius 1 is 0.491 bits per heavy atom. The Bertz CT molecular complexity index is 3080. The van der Waals surface area contributed by atoms with E-state index in [0.717, 1.165) is 29.2 Å². The Balaban J connectivity index is 1.18. The van der Waals surface area contributed by atoms with Crippen LogP contribution in [0.3, 0.4) is 0 Å². The summed E-state index contributed by atoms with van der Waals surface area (Å²) in [4.78, 5) is 2.42. The molecule has 0 saturated carbocycles. The fraction of sp³-hybridized carbons (Fsp3) is 0.0545. The summed E-state index contributed by atoms with van der Waals surface area (Å²) < 4.78 is 2.40. The van der Waals surface area contributed by atoms with Gasteiger partial charge in [0, 0.05) is 33.5 Å². The van der Waals surface area contributed by atoms with Gasteiger partial charge < -0.3 is 9.47 Å². The first-order valence-electron chi connectivity index (χ1n) is 19.9. The Kier molecular flexibility index (Phi) is 8.73. The summed E-state index contributed by atoms with van der Waals surface area (Å²) in [6.45, 7) is 4.46. The van der Waals surface area contributed by atoms with Crippen molar-refractivity contribution in [2.45, 2.75) is 20.3 Å². The van der Waals surface area contributed by atoms with Gasteiger partial charge in [0.25, 0.3) is 0 Å². The molecule has 0 unspecified atom stereocenters. The molecule has 0 bridgehead atoms. The first kappa shape index (κ1) is 34.3. The lowest BCUT2D eigenvalue weighted by Crippen LogP contribution is -2.11. The predicted molar refractivity (Wildman–Crippen MR) is 244 cm³/mol. The topological polar surface area (TPSA) is 8.17 Å². The second-order valence-electron chi connectivity index (χ2n) is 14.9. The highest BCUT2D eigenvalue weighted by atomic mass is 15.1. The van der Waals surface area contributed by atoms with E-state index in [-0.39, 0.29) is 0 Å². The van der Waals surface area contributed by atoms with Crippen LogP contribution in [0.25, 0.3) is 65.7 Å². The number of para-hydroxylation sites is 2. The molecule has 0 atom stereocenters. The number of aromatic nitrogens is 1. The molecule has 2 nitrogen and oxygen atoms in total. The Morgan fingerprint density at radius 2 is 1.11 bits per heavy atom. The molecule has 2 heteroatoms. The van der Waals surface area contributed by atoms with E-state index in [2.05, 4.69) is 230 Å². The van der Waals surface area contributed by atoms with Crippen LogP contribution < -0.4 is 4.90 Å². The fourth-order valence-electron chi connectivity index (χ4n) is 8.82. The summed E-state index contributed by atoms with van der Waals surface area (Å²) in [5, 5.41) is 7.50. The van der Waals surface area contributed by atoms with Crippen molar-refractivity contribution < 1.29 is 0 Å². The van der Waals surface area contributed by atoms with Crippen LogP contribution in [0.2, 0.25) is 0 Å². The molecule has 9 aromatic carbocycles. The molecule has 1 aromatic heterocycles. The molecular formula is C55H42N2. The average Bonchev–Trinajstić information content (AvgIpc) is 3.61. The molecule has 0 aliphatic rings. The standard InChI is InChI=1S/C55H42N2/c1-3-16-49(39-18-5-4-6-19-39)55-38(2)17-13-28-50(55)41-21-14-22-43(35-41)56(46-33-34-48-42(36-46)32-31-40-20-7-8-25-47(40)48)44-23-15-24-45(37-44)57-53-29-11-9-26-51(53)52-27-10-12-30-54(52)57/h4-37H,3H2,1-2H3/b49-16-. The van der Waals surface area contributed by atoms with Crippen molar-refractivity contribution in [2.75, 3.05) is 4.90 Å². The van der Waals surface area contributed by atoms with Crippen LogP contribution in [-0.4, -0.2) is 4.57 Å². The van der Waals surface area contributed by atoms with Gasteiger partial charge in [-0.1, -0.05) is 159 Å². The number of benzene rings is 9. The van der Waals surface area contributed by atoms with Crippen molar-refractivity contribution in [2.24, 2.45) is 0 Å². The number of aryl methyl sites for hydroxylation is 1. The lowest BCUT2D eigenvalue weighted by molar-refractivity contribution is 1.17. The molecule has 0 aliphatic heterocycles. The Morgan fingerprint density at radius 3 is 1.88 bits per heavy atom. The minimum absolute atomic E-state index is 0.950. The largest absolute Gasteiger partial charge is 0.310 e. The number of allylic oxidation sites excluding steroid dienone is 1. The first-order chi connectivity index (χ1) is 28.2. The number of fused-ring (bicyclic) bond motifs is 6. The lowest BCUT2D eigenvalue weighted by Gasteiger charge is -2.27. The second kappa shape index (κ2) is 14.5. The van der Waals surface area contributed by atoms with Crippen molar-refractivity contribution in [1.82, 2.24) is 4.57 Å². The van der Waals surface area contributed by atoms with Crippen molar-refractivity contribution >= 4 is 66.0 Å². The third-order valence-electron chi connectivity index (χ3n) is 11.4. The van der Waals surface area contributed by atoms with E-state index < -0.39 is 0 Å². The number of anilines is 3. The summed E-state index contributed by atoms with van der Waals surface area (Å²) >= 11 is 0. The monoisotopic (exact) mass is 730 g/mol. The van der Waals surface area contributed by atoms with Gasteiger partial charge in [0.1, 0.15) is 0 Å². The molecule has 10 aromatic rings. The van der Waals surface area contributed by atoms with Gasteiger partial charge in [-0.25, -0.2) is 0 Å². The minimum atomic E-state index is 0.950. The maximum Gasteiger partial charge on any atom is 0.0541 e. The third kappa shape index (κ3) is 6.07. The van der Waals surface area contributed by atoms with Gasteiger partial charge in [-0.15, -0.1) is 0 Å². The van der Waals surface area contributed by atoms with E-state index >= 15 is 0 Å². The van der Waals surface area contributed by atoms with E-state index in [1.54, 1.807) is 0 Å². The number of hydrogen-bond acceptors (Lipinski definition) is 1. The number of nitrogens with zero attached hydrogens (tertiary/aromatic N) is 2. The van der Waals surface area contributed by atoms with Gasteiger partial charge in [-0.05, 0) is 123 Å². The maximum atomic E-state index is 2.42. The summed E-state index contributed by atoms with van der Waals surface area (Å²) in [5.74, 6) is 0. The molecule has 272 valence electrons. The van der Waals surface area contributed by atoms with Crippen LogP contribution >= 0.6 is 0 Å². The van der Waals surface area contributed by atoms with Gasteiger partial charge in [-0.2, -0.15) is 0 Å². The van der Waals surface area contributed by atoms with Crippen LogP contribution in [0.15, 0.2) is 206 Å². The molecule has 0 amide bonds. The smallest absolute Gasteiger partial charge is 0.0541 e. The average molecular weight is 731 g/mol. The summed E-state index contributed by atoms with van der Waals surface area (Å²) in [7, 11) is 0. The fourth-order valence-corrected chi connectivity index (χ4v) is 8.82. The van der Waals surface area contributed by atoms with E-state index in [1.165, 1.54) is 76.7 Å². The lowest BCUT2D eigenvalue weighted by atomic mass is 9.87. The highest BCUT2D eigenvalue weighted by Gasteiger charge is 2.19. The molecule has 0 fully saturated rings. The summed E-state index contributed by atoms with van der Waals surface area (Å²) in [6.07, 6.45) is 3.32. The predicted octanol–water partition coefficient (Wildman–Crippen LogP) is 15.4. The molecule has 57 heavy (non-hydrogen) atoms. The first-order valence-corrected chi connectivity index (χ1v) is 19.9. The molecule has 0 aliphatic carbocycles. The minimum Gasteiger partial charge on any atom is -0.310 e. The second-order valence-corrected chi connectivity index (χ2v) is 14.9. The summed E-state index contributed by atoms with van der Waals surface area (Å²) in [5.41, 5.74) is 14.3. The molecule has 0 N–H and O–H groups in total. The number of hydrogen-bond donors (Lipinski definition) is 0. The van der Waals surface area contributed by atoms with E-state index in [1.807, 2.05) is 0 Å². The highest BCUT2D eigenvalue weighted by Crippen LogP contribution is 2.42. The van der Waals surface area contributed by atoms with Gasteiger partial charge in [0.2, 0.25) is 0 Å². The van der Waals surface area contributed by atoms with Crippen molar-refractivity contribution in [3.05, 3.63) is 223 Å². The molecule has 0 saturated heterocycles.